The van der Waals surface area contributed by atoms with Crippen LogP contribution in [0.1, 0.15) is 0 Å². The zero-order valence-corrected chi connectivity index (χ0v) is 20.5. The van der Waals surface area contributed by atoms with Crippen LogP contribution in [0.5, 0.6) is 0 Å². The first-order chi connectivity index (χ1) is 18.3. The summed E-state index contributed by atoms with van der Waals surface area (Å²) in [6.07, 6.45) is 0. The number of anilines is 2. The van der Waals surface area contributed by atoms with Crippen molar-refractivity contribution in [2.24, 2.45) is 0 Å². The van der Waals surface area contributed by atoms with Crippen LogP contribution >= 0.6 is 0 Å². The van der Waals surface area contributed by atoms with Crippen molar-refractivity contribution in [3.8, 4) is 44.5 Å². The second-order valence-electron chi connectivity index (χ2n) is 9.11. The van der Waals surface area contributed by atoms with Gasteiger partial charge in [-0.05, 0) is 57.6 Å². The monoisotopic (exact) mass is 473 g/mol. The lowest BCUT2D eigenvalue weighted by Gasteiger charge is -2.17. The second kappa shape index (κ2) is 10.4. The van der Waals surface area contributed by atoms with Gasteiger partial charge in [0.25, 0.3) is 0 Å². The normalized spacial score (nSPS) is 10.7. The van der Waals surface area contributed by atoms with Gasteiger partial charge in [-0.25, -0.2) is 0 Å². The van der Waals surface area contributed by atoms with Crippen LogP contribution in [0, 0.1) is 0 Å². The van der Waals surface area contributed by atoms with E-state index in [1.807, 2.05) is 0 Å². The predicted octanol–water partition coefficient (Wildman–Crippen LogP) is 10.1. The van der Waals surface area contributed by atoms with Crippen molar-refractivity contribution in [3.63, 3.8) is 0 Å². The standard InChI is InChI=1S/C36H27N/c1-3-13-27(14-4-1)29-17-11-19-31(25-29)33-21-7-9-23-35(33)37-36-24-10-8-22-34(36)32-20-12-18-30(26-32)28-15-5-2-6-16-28/h1-26,37H. The number of rotatable bonds is 6. The zero-order chi connectivity index (χ0) is 24.9. The fraction of sp³-hybridized carbons (Fsp3) is 0. The topological polar surface area (TPSA) is 12.0 Å². The zero-order valence-electron chi connectivity index (χ0n) is 20.5. The number of nitrogens with one attached hydrogen (secondary N) is 1. The van der Waals surface area contributed by atoms with Crippen molar-refractivity contribution in [1.29, 1.82) is 0 Å². The molecule has 0 aliphatic heterocycles. The lowest BCUT2D eigenvalue weighted by Crippen LogP contribution is -1.96. The van der Waals surface area contributed by atoms with Gasteiger partial charge in [0.2, 0.25) is 0 Å². The van der Waals surface area contributed by atoms with E-state index in [9.17, 15) is 0 Å². The number of para-hydroxylation sites is 2. The number of benzene rings is 6. The Morgan fingerprint density at radius 2 is 0.622 bits per heavy atom. The van der Waals surface area contributed by atoms with Crippen molar-refractivity contribution in [3.05, 3.63) is 158 Å². The third kappa shape index (κ3) is 4.94. The maximum atomic E-state index is 3.76. The minimum Gasteiger partial charge on any atom is -0.355 e. The highest BCUT2D eigenvalue weighted by molar-refractivity contribution is 5.88. The molecule has 0 aliphatic carbocycles. The summed E-state index contributed by atoms with van der Waals surface area (Å²) < 4.78 is 0. The largest absolute Gasteiger partial charge is 0.355 e. The Morgan fingerprint density at radius 3 is 1.08 bits per heavy atom. The van der Waals surface area contributed by atoms with Gasteiger partial charge >= 0.3 is 0 Å². The van der Waals surface area contributed by atoms with Gasteiger partial charge in [-0.15, -0.1) is 0 Å². The molecule has 6 rings (SSSR count). The van der Waals surface area contributed by atoms with E-state index in [4.69, 9.17) is 0 Å². The fourth-order valence-corrected chi connectivity index (χ4v) is 4.83. The Hall–Kier alpha value is -4.88. The van der Waals surface area contributed by atoms with Crippen molar-refractivity contribution in [2.45, 2.75) is 0 Å². The molecule has 0 heterocycles. The summed E-state index contributed by atoms with van der Waals surface area (Å²) in [5.74, 6) is 0. The molecule has 0 fully saturated rings. The molecule has 37 heavy (non-hydrogen) atoms. The van der Waals surface area contributed by atoms with Gasteiger partial charge in [0.1, 0.15) is 0 Å². The first-order valence-corrected chi connectivity index (χ1v) is 12.6. The summed E-state index contributed by atoms with van der Waals surface area (Å²) in [5.41, 5.74) is 11.8. The van der Waals surface area contributed by atoms with Gasteiger partial charge in [0.05, 0.1) is 0 Å². The average molecular weight is 474 g/mol. The summed E-state index contributed by atoms with van der Waals surface area (Å²) in [5, 5.41) is 3.76. The maximum Gasteiger partial charge on any atom is 0.0464 e. The van der Waals surface area contributed by atoms with Gasteiger partial charge in [-0.3, -0.25) is 0 Å². The van der Waals surface area contributed by atoms with E-state index in [0.717, 1.165) is 11.4 Å². The third-order valence-corrected chi connectivity index (χ3v) is 6.68. The van der Waals surface area contributed by atoms with Crippen LogP contribution in [-0.2, 0) is 0 Å². The van der Waals surface area contributed by atoms with E-state index in [1.165, 1.54) is 44.5 Å². The van der Waals surface area contributed by atoms with Crippen LogP contribution in [0.25, 0.3) is 44.5 Å². The van der Waals surface area contributed by atoms with Gasteiger partial charge in [-0.1, -0.05) is 133 Å². The molecule has 176 valence electrons. The molecule has 0 bridgehead atoms. The van der Waals surface area contributed by atoms with Crippen LogP contribution in [0.3, 0.4) is 0 Å². The third-order valence-electron chi connectivity index (χ3n) is 6.68. The molecule has 6 aromatic rings. The number of hydrogen-bond donors (Lipinski definition) is 1. The fourth-order valence-electron chi connectivity index (χ4n) is 4.83. The predicted molar refractivity (Wildman–Crippen MR) is 158 cm³/mol. The van der Waals surface area contributed by atoms with Crippen molar-refractivity contribution < 1.29 is 0 Å². The van der Waals surface area contributed by atoms with E-state index >= 15 is 0 Å². The minimum atomic E-state index is 1.08. The Morgan fingerprint density at radius 1 is 0.270 bits per heavy atom. The van der Waals surface area contributed by atoms with Crippen molar-refractivity contribution in [2.75, 3.05) is 5.32 Å². The molecule has 0 aromatic heterocycles. The molecule has 0 unspecified atom stereocenters. The molecule has 0 aliphatic rings. The van der Waals surface area contributed by atoms with E-state index in [-0.39, 0.29) is 0 Å². The van der Waals surface area contributed by atoms with Gasteiger partial charge in [0.15, 0.2) is 0 Å². The van der Waals surface area contributed by atoms with Gasteiger partial charge < -0.3 is 5.32 Å². The Labute approximate surface area is 218 Å². The van der Waals surface area contributed by atoms with Crippen molar-refractivity contribution in [1.82, 2.24) is 0 Å². The summed E-state index contributed by atoms with van der Waals surface area (Å²) in [4.78, 5) is 0. The molecule has 0 radical (unpaired) electrons. The quantitative estimate of drug-likeness (QED) is 0.254. The lowest BCUT2D eigenvalue weighted by molar-refractivity contribution is 1.51. The first kappa shape index (κ1) is 22.6. The molecule has 0 atom stereocenters. The molecule has 0 amide bonds. The summed E-state index contributed by atoms with van der Waals surface area (Å²) in [6, 6.07) is 55.7. The number of hydrogen-bond acceptors (Lipinski definition) is 1. The molecular weight excluding hydrogens is 446 g/mol. The maximum absolute atomic E-state index is 3.76. The van der Waals surface area contributed by atoms with Crippen LogP contribution in [0.2, 0.25) is 0 Å². The van der Waals surface area contributed by atoms with Crippen LogP contribution in [0.4, 0.5) is 11.4 Å². The van der Waals surface area contributed by atoms with E-state index < -0.39 is 0 Å². The molecule has 0 spiro atoms. The lowest BCUT2D eigenvalue weighted by atomic mass is 9.96. The van der Waals surface area contributed by atoms with E-state index in [0.29, 0.717) is 0 Å². The van der Waals surface area contributed by atoms with Gasteiger partial charge in [0, 0.05) is 22.5 Å². The van der Waals surface area contributed by atoms with Crippen LogP contribution in [0.15, 0.2) is 158 Å². The first-order valence-electron chi connectivity index (χ1n) is 12.6. The molecular formula is C36H27N. The SMILES string of the molecule is c1ccc(-c2cccc(-c3ccccc3Nc3ccccc3-c3cccc(-c4ccccc4)c3)c2)cc1. The Balaban J connectivity index is 1.37. The van der Waals surface area contributed by atoms with E-state index in [1.54, 1.807) is 0 Å². The molecule has 1 heteroatoms. The Bertz CT molecular complexity index is 1510. The van der Waals surface area contributed by atoms with Gasteiger partial charge in [-0.2, -0.15) is 0 Å². The Kier molecular flexibility index (Phi) is 6.34. The van der Waals surface area contributed by atoms with Crippen molar-refractivity contribution >= 4 is 11.4 Å². The highest BCUT2D eigenvalue weighted by Gasteiger charge is 2.11. The van der Waals surface area contributed by atoms with Crippen LogP contribution in [-0.4, -0.2) is 0 Å². The average Bonchev–Trinajstić information content (AvgIpc) is 2.99. The highest BCUT2D eigenvalue weighted by Crippen LogP contribution is 2.37. The molecule has 6 aromatic carbocycles. The second-order valence-corrected chi connectivity index (χ2v) is 9.11. The summed E-state index contributed by atoms with van der Waals surface area (Å²) in [7, 11) is 0. The van der Waals surface area contributed by atoms with Crippen LogP contribution < -0.4 is 5.32 Å². The molecule has 1 nitrogen and oxygen atoms in total. The minimum absolute atomic E-state index is 1.08. The smallest absolute Gasteiger partial charge is 0.0464 e. The highest BCUT2D eigenvalue weighted by atomic mass is 14.9. The molecule has 0 saturated heterocycles. The van der Waals surface area contributed by atoms with E-state index in [2.05, 4.69) is 163 Å². The molecule has 1 N–H and O–H groups in total. The summed E-state index contributed by atoms with van der Waals surface area (Å²) >= 11 is 0. The molecule has 0 saturated carbocycles. The summed E-state index contributed by atoms with van der Waals surface area (Å²) in [6.45, 7) is 0.